The van der Waals surface area contributed by atoms with Crippen molar-refractivity contribution in [3.05, 3.63) is 277 Å². The zero-order valence-electron chi connectivity index (χ0n) is 38.1. The van der Waals surface area contributed by atoms with E-state index in [1.807, 2.05) is 12.1 Å². The molecule has 2 aliphatic rings. The number of anilines is 6. The molecule has 326 valence electrons. The van der Waals surface area contributed by atoms with E-state index >= 15 is 0 Å². The van der Waals surface area contributed by atoms with Gasteiger partial charge in [0.1, 0.15) is 11.2 Å². The third-order valence-corrected chi connectivity index (χ3v) is 15.2. The lowest BCUT2D eigenvalue weighted by Gasteiger charge is -2.45. The SMILES string of the molecule is c1ccc(N2c3ccccc3C3(c4ccccc4-c4c(N(c5ccc(-c6ccc7oc8ccccc8c7c6)cc5)c5ccc6c7ccccc7c7ccccc7c6c5)cccc43)c3ccccc32)cc1. The first kappa shape index (κ1) is 38.9. The zero-order chi connectivity index (χ0) is 45.9. The molecular weight excluding hydrogens is 849 g/mol. The lowest BCUT2D eigenvalue weighted by molar-refractivity contribution is 0.669. The molecule has 15 rings (SSSR count). The number of para-hydroxylation sites is 4. The fraction of sp³-hybridized carbons (Fsp3) is 0.0149. The maximum Gasteiger partial charge on any atom is 0.135 e. The molecule has 70 heavy (non-hydrogen) atoms. The second-order valence-electron chi connectivity index (χ2n) is 18.7. The van der Waals surface area contributed by atoms with Crippen molar-refractivity contribution in [2.24, 2.45) is 0 Å². The number of hydrogen-bond acceptors (Lipinski definition) is 3. The molecule has 0 bridgehead atoms. The van der Waals surface area contributed by atoms with Gasteiger partial charge < -0.3 is 14.2 Å². The molecule has 3 nitrogen and oxygen atoms in total. The molecular formula is C67H42N2O. The Hall–Kier alpha value is -9.18. The minimum atomic E-state index is -0.593. The van der Waals surface area contributed by atoms with Gasteiger partial charge in [-0.3, -0.25) is 0 Å². The van der Waals surface area contributed by atoms with Crippen molar-refractivity contribution in [2.45, 2.75) is 5.41 Å². The van der Waals surface area contributed by atoms with Gasteiger partial charge in [0, 0.05) is 33.4 Å². The van der Waals surface area contributed by atoms with Crippen LogP contribution in [0, 0.1) is 0 Å². The van der Waals surface area contributed by atoms with E-state index in [2.05, 4.69) is 252 Å². The molecule has 0 saturated heterocycles. The van der Waals surface area contributed by atoms with Crippen molar-refractivity contribution in [3.63, 3.8) is 0 Å². The van der Waals surface area contributed by atoms with E-state index in [4.69, 9.17) is 4.42 Å². The van der Waals surface area contributed by atoms with Crippen LogP contribution in [0.4, 0.5) is 34.1 Å². The van der Waals surface area contributed by atoms with E-state index in [1.54, 1.807) is 0 Å². The summed E-state index contributed by atoms with van der Waals surface area (Å²) >= 11 is 0. The minimum absolute atomic E-state index is 0.593. The fourth-order valence-electron chi connectivity index (χ4n) is 12.3. The van der Waals surface area contributed by atoms with E-state index in [0.717, 1.165) is 55.8 Å². The number of hydrogen-bond donors (Lipinski definition) is 0. The number of benzene rings is 12. The lowest BCUT2D eigenvalue weighted by atomic mass is 9.64. The van der Waals surface area contributed by atoms with Gasteiger partial charge in [0.25, 0.3) is 0 Å². The highest BCUT2D eigenvalue weighted by Crippen LogP contribution is 2.65. The summed E-state index contributed by atoms with van der Waals surface area (Å²) in [7, 11) is 0. The van der Waals surface area contributed by atoms with Crippen LogP contribution >= 0.6 is 0 Å². The standard InChI is InChI=1S/C67H42N2O/c1-2-17-45(18-3-1)69-61-29-13-11-26-58(61)67(59-27-12-14-30-62(59)69)57-25-10-8-24-54(57)66-60(67)28-16-31-63(66)68(47-38-39-52-50-21-5-4-19-48(50)49-20-6-7-22-51(49)55(52)42-47)46-36-33-43(34-37-46)44-35-40-65-56(41-44)53-23-9-15-32-64(53)70-65/h1-42H. The summed E-state index contributed by atoms with van der Waals surface area (Å²) in [5.41, 5.74) is 17.9. The fourth-order valence-corrected chi connectivity index (χ4v) is 12.3. The van der Waals surface area contributed by atoms with Gasteiger partial charge >= 0.3 is 0 Å². The summed E-state index contributed by atoms with van der Waals surface area (Å²) in [5, 5.41) is 9.77. The van der Waals surface area contributed by atoms with Gasteiger partial charge in [-0.2, -0.15) is 0 Å². The summed E-state index contributed by atoms with van der Waals surface area (Å²) in [6.45, 7) is 0. The Bertz CT molecular complexity index is 4180. The highest BCUT2D eigenvalue weighted by Gasteiger charge is 2.52. The molecule has 13 aromatic rings. The van der Waals surface area contributed by atoms with Gasteiger partial charge in [0.05, 0.1) is 22.5 Å². The van der Waals surface area contributed by atoms with Crippen LogP contribution in [0.15, 0.2) is 259 Å². The van der Waals surface area contributed by atoms with Gasteiger partial charge in [-0.15, -0.1) is 0 Å². The monoisotopic (exact) mass is 890 g/mol. The molecule has 0 amide bonds. The second kappa shape index (κ2) is 14.9. The largest absolute Gasteiger partial charge is 0.456 e. The van der Waals surface area contributed by atoms with E-state index in [0.29, 0.717) is 0 Å². The first-order valence-electron chi connectivity index (χ1n) is 24.2. The van der Waals surface area contributed by atoms with Gasteiger partial charge in [-0.05, 0) is 144 Å². The topological polar surface area (TPSA) is 19.6 Å². The van der Waals surface area contributed by atoms with Crippen molar-refractivity contribution in [2.75, 3.05) is 9.80 Å². The van der Waals surface area contributed by atoms with Crippen LogP contribution in [0.2, 0.25) is 0 Å². The Morgan fingerprint density at radius 1 is 0.329 bits per heavy atom. The molecule has 1 aliphatic heterocycles. The lowest BCUT2D eigenvalue weighted by Crippen LogP contribution is -2.36. The van der Waals surface area contributed by atoms with Gasteiger partial charge in [0.15, 0.2) is 0 Å². The third kappa shape index (κ3) is 5.40. The molecule has 1 aromatic heterocycles. The molecule has 12 aromatic carbocycles. The molecule has 0 unspecified atom stereocenters. The maximum absolute atomic E-state index is 6.23. The molecule has 1 aliphatic carbocycles. The highest BCUT2D eigenvalue weighted by atomic mass is 16.3. The molecule has 0 saturated carbocycles. The summed E-state index contributed by atoms with van der Waals surface area (Å²) in [4.78, 5) is 4.95. The zero-order valence-corrected chi connectivity index (χ0v) is 38.1. The summed E-state index contributed by atoms with van der Waals surface area (Å²) in [6, 6.07) is 93.9. The van der Waals surface area contributed by atoms with Crippen LogP contribution in [0.25, 0.3) is 76.5 Å². The first-order chi connectivity index (χ1) is 34.7. The van der Waals surface area contributed by atoms with Crippen LogP contribution in [-0.4, -0.2) is 0 Å². The molecule has 1 spiro atoms. The van der Waals surface area contributed by atoms with Crippen molar-refractivity contribution >= 4 is 88.4 Å². The first-order valence-corrected chi connectivity index (χ1v) is 24.2. The van der Waals surface area contributed by atoms with Crippen LogP contribution in [0.1, 0.15) is 22.3 Å². The highest BCUT2D eigenvalue weighted by molar-refractivity contribution is 6.26. The Morgan fingerprint density at radius 3 is 1.57 bits per heavy atom. The Kier molecular flexibility index (Phi) is 8.28. The van der Waals surface area contributed by atoms with Crippen LogP contribution in [0.3, 0.4) is 0 Å². The van der Waals surface area contributed by atoms with Crippen molar-refractivity contribution in [1.29, 1.82) is 0 Å². The average Bonchev–Trinajstić information content (AvgIpc) is 3.96. The Morgan fingerprint density at radius 2 is 0.857 bits per heavy atom. The van der Waals surface area contributed by atoms with Gasteiger partial charge in [-0.25, -0.2) is 0 Å². The van der Waals surface area contributed by atoms with E-state index in [-0.39, 0.29) is 0 Å². The smallest absolute Gasteiger partial charge is 0.135 e. The van der Waals surface area contributed by atoms with Crippen LogP contribution in [-0.2, 0) is 5.41 Å². The molecule has 2 heterocycles. The Balaban J connectivity index is 0.988. The number of nitrogens with zero attached hydrogens (tertiary/aromatic N) is 2. The van der Waals surface area contributed by atoms with E-state index in [1.165, 1.54) is 77.1 Å². The molecule has 3 heteroatoms. The van der Waals surface area contributed by atoms with Crippen molar-refractivity contribution < 1.29 is 4.42 Å². The summed E-state index contributed by atoms with van der Waals surface area (Å²) in [6.07, 6.45) is 0. The van der Waals surface area contributed by atoms with Crippen LogP contribution < -0.4 is 9.80 Å². The predicted molar refractivity (Wildman–Crippen MR) is 292 cm³/mol. The molecule has 0 fully saturated rings. The quantitative estimate of drug-likeness (QED) is 0.161. The molecule has 0 atom stereocenters. The number of fused-ring (bicyclic) bond motifs is 18. The van der Waals surface area contributed by atoms with E-state index < -0.39 is 5.41 Å². The minimum Gasteiger partial charge on any atom is -0.456 e. The Labute approximate surface area is 405 Å². The number of furan rings is 1. The molecule has 0 N–H and O–H groups in total. The van der Waals surface area contributed by atoms with Crippen molar-refractivity contribution in [3.8, 4) is 22.3 Å². The second-order valence-corrected chi connectivity index (χ2v) is 18.7. The average molecular weight is 891 g/mol. The van der Waals surface area contributed by atoms with Crippen molar-refractivity contribution in [1.82, 2.24) is 0 Å². The maximum atomic E-state index is 6.23. The summed E-state index contributed by atoms with van der Waals surface area (Å²) in [5.74, 6) is 0. The summed E-state index contributed by atoms with van der Waals surface area (Å²) < 4.78 is 6.23. The van der Waals surface area contributed by atoms with E-state index in [9.17, 15) is 0 Å². The van der Waals surface area contributed by atoms with Gasteiger partial charge in [-0.1, -0.05) is 182 Å². The predicted octanol–water partition coefficient (Wildman–Crippen LogP) is 18.3. The normalized spacial score (nSPS) is 13.2. The van der Waals surface area contributed by atoms with Gasteiger partial charge in [0.2, 0.25) is 0 Å². The third-order valence-electron chi connectivity index (χ3n) is 15.2. The number of rotatable bonds is 5. The molecule has 0 radical (unpaired) electrons. The van der Waals surface area contributed by atoms with Crippen LogP contribution in [0.5, 0.6) is 0 Å².